The van der Waals surface area contributed by atoms with Gasteiger partial charge in [0.1, 0.15) is 5.69 Å². The molecule has 20 heavy (non-hydrogen) atoms. The molecule has 2 rings (SSSR count). The van der Waals surface area contributed by atoms with Crippen molar-refractivity contribution in [1.29, 1.82) is 0 Å². The predicted molar refractivity (Wildman–Crippen MR) is 62.9 cm³/mol. The van der Waals surface area contributed by atoms with Gasteiger partial charge in [0.05, 0.1) is 12.2 Å². The van der Waals surface area contributed by atoms with Gasteiger partial charge in [-0.25, -0.2) is 4.79 Å². The first kappa shape index (κ1) is 14.1. The number of benzene rings is 1. The van der Waals surface area contributed by atoms with Crippen molar-refractivity contribution in [2.75, 3.05) is 6.61 Å². The van der Waals surface area contributed by atoms with Gasteiger partial charge in [0, 0.05) is 11.6 Å². The van der Waals surface area contributed by atoms with Crippen molar-refractivity contribution < 1.29 is 27.2 Å². The Kier molecular flexibility index (Phi) is 3.78. The number of carbonyl (C=O) groups excluding carboxylic acids is 1. The van der Waals surface area contributed by atoms with E-state index in [-0.39, 0.29) is 23.6 Å². The van der Waals surface area contributed by atoms with Crippen LogP contribution in [0.15, 0.2) is 34.9 Å². The Morgan fingerprint density at radius 3 is 2.70 bits per heavy atom. The fourth-order valence-corrected chi connectivity index (χ4v) is 1.65. The lowest BCUT2D eigenvalue weighted by Crippen LogP contribution is -2.06. The van der Waals surface area contributed by atoms with Crippen LogP contribution in [0.4, 0.5) is 13.2 Å². The summed E-state index contributed by atoms with van der Waals surface area (Å²) in [6.45, 7) is 1.74. The second-order valence-electron chi connectivity index (χ2n) is 3.84. The lowest BCUT2D eigenvalue weighted by atomic mass is 10.0. The number of nitrogens with zero attached hydrogens (tertiary/aromatic N) is 1. The molecule has 0 bridgehead atoms. The minimum atomic E-state index is -4.51. The molecule has 2 aromatic rings. The second kappa shape index (κ2) is 5.36. The summed E-state index contributed by atoms with van der Waals surface area (Å²) >= 11 is 0. The molecule has 0 aliphatic rings. The molecule has 0 saturated heterocycles. The van der Waals surface area contributed by atoms with Gasteiger partial charge in [-0.3, -0.25) is 0 Å². The lowest BCUT2D eigenvalue weighted by Gasteiger charge is -2.10. The second-order valence-corrected chi connectivity index (χ2v) is 3.84. The van der Waals surface area contributed by atoms with Crippen molar-refractivity contribution in [3.05, 3.63) is 41.7 Å². The van der Waals surface area contributed by atoms with Crippen LogP contribution < -0.4 is 0 Å². The molecule has 0 amide bonds. The quantitative estimate of drug-likeness (QED) is 0.809. The third-order valence-electron chi connectivity index (χ3n) is 2.50. The van der Waals surface area contributed by atoms with E-state index < -0.39 is 17.7 Å². The highest BCUT2D eigenvalue weighted by molar-refractivity contribution is 5.87. The zero-order valence-electron chi connectivity index (χ0n) is 10.4. The summed E-state index contributed by atoms with van der Waals surface area (Å²) in [7, 11) is 0. The van der Waals surface area contributed by atoms with E-state index in [2.05, 4.69) is 9.89 Å². The predicted octanol–water partition coefficient (Wildman–Crippen LogP) is 3.54. The van der Waals surface area contributed by atoms with Gasteiger partial charge in [-0.1, -0.05) is 23.4 Å². The van der Waals surface area contributed by atoms with Crippen molar-refractivity contribution in [2.24, 2.45) is 0 Å². The average molecular weight is 285 g/mol. The zero-order valence-corrected chi connectivity index (χ0v) is 10.4. The molecule has 0 fully saturated rings. The summed E-state index contributed by atoms with van der Waals surface area (Å²) in [5, 5.41) is 3.49. The molecule has 4 nitrogen and oxygen atoms in total. The molecule has 1 heterocycles. The summed E-state index contributed by atoms with van der Waals surface area (Å²) in [5.41, 5.74) is -1.07. The van der Waals surface area contributed by atoms with Crippen molar-refractivity contribution >= 4 is 5.97 Å². The van der Waals surface area contributed by atoms with E-state index in [1.54, 1.807) is 6.92 Å². The van der Waals surface area contributed by atoms with E-state index in [1.807, 2.05) is 0 Å². The van der Waals surface area contributed by atoms with Crippen LogP contribution >= 0.6 is 0 Å². The zero-order chi connectivity index (χ0) is 14.8. The van der Waals surface area contributed by atoms with Crippen LogP contribution in [0, 0.1) is 0 Å². The summed E-state index contributed by atoms with van der Waals surface area (Å²) in [5.74, 6) is -1.01. The third kappa shape index (κ3) is 2.81. The van der Waals surface area contributed by atoms with E-state index in [9.17, 15) is 18.0 Å². The molecular formula is C13H10F3NO3. The Bertz CT molecular complexity index is 619. The Hall–Kier alpha value is -2.31. The molecule has 1 aromatic heterocycles. The normalized spacial score (nSPS) is 11.4. The highest BCUT2D eigenvalue weighted by Crippen LogP contribution is 2.36. The van der Waals surface area contributed by atoms with E-state index in [4.69, 9.17) is 4.52 Å². The van der Waals surface area contributed by atoms with Gasteiger partial charge in [0.15, 0.2) is 0 Å². The molecular weight excluding hydrogens is 275 g/mol. The van der Waals surface area contributed by atoms with Crippen molar-refractivity contribution in [1.82, 2.24) is 5.16 Å². The molecule has 1 aromatic carbocycles. The van der Waals surface area contributed by atoms with Crippen LogP contribution in [0.3, 0.4) is 0 Å². The monoisotopic (exact) mass is 285 g/mol. The maximum Gasteiger partial charge on any atom is 0.417 e. The summed E-state index contributed by atoms with van der Waals surface area (Å²) in [4.78, 5) is 11.4. The molecule has 0 aliphatic heterocycles. The first-order valence-electron chi connectivity index (χ1n) is 5.74. The van der Waals surface area contributed by atoms with Crippen LogP contribution in [-0.2, 0) is 10.9 Å². The van der Waals surface area contributed by atoms with Gasteiger partial charge in [-0.2, -0.15) is 13.2 Å². The molecule has 7 heteroatoms. The van der Waals surface area contributed by atoms with Gasteiger partial charge < -0.3 is 9.26 Å². The minimum Gasteiger partial charge on any atom is -0.460 e. The molecule has 0 N–H and O–H groups in total. The van der Waals surface area contributed by atoms with Crippen LogP contribution in [0.5, 0.6) is 0 Å². The molecule has 106 valence electrons. The first-order valence-corrected chi connectivity index (χ1v) is 5.74. The Labute approximate surface area is 112 Å². The third-order valence-corrected chi connectivity index (χ3v) is 2.50. The topological polar surface area (TPSA) is 52.3 Å². The van der Waals surface area contributed by atoms with Crippen molar-refractivity contribution in [3.8, 4) is 11.3 Å². The number of halogens is 3. The van der Waals surface area contributed by atoms with Gasteiger partial charge in [-0.15, -0.1) is 0 Å². The number of esters is 1. The Morgan fingerprint density at radius 1 is 1.35 bits per heavy atom. The van der Waals surface area contributed by atoms with E-state index in [0.717, 1.165) is 12.1 Å². The average Bonchev–Trinajstić information content (AvgIpc) is 2.87. The van der Waals surface area contributed by atoms with Crippen LogP contribution in [0.1, 0.15) is 23.0 Å². The molecule has 0 radical (unpaired) electrons. The summed E-state index contributed by atoms with van der Waals surface area (Å²) < 4.78 is 48.0. The first-order chi connectivity index (χ1) is 9.43. The van der Waals surface area contributed by atoms with Gasteiger partial charge in [-0.05, 0) is 13.0 Å². The standard InChI is InChI=1S/C13H10F3NO3/c1-2-19-12(18)11-7-10(17-20-11)8-5-3-4-6-9(8)13(14,15)16/h3-7H,2H2,1H3. The number of rotatable bonds is 3. The summed E-state index contributed by atoms with van der Waals surface area (Å²) in [6, 6.07) is 6.05. The molecule has 0 aliphatic carbocycles. The largest absolute Gasteiger partial charge is 0.460 e. The van der Waals surface area contributed by atoms with Crippen molar-refractivity contribution in [3.63, 3.8) is 0 Å². The van der Waals surface area contributed by atoms with Gasteiger partial charge in [0.25, 0.3) is 0 Å². The smallest absolute Gasteiger partial charge is 0.417 e. The van der Waals surface area contributed by atoms with Gasteiger partial charge in [0.2, 0.25) is 5.76 Å². The number of aromatic nitrogens is 1. The Balaban J connectivity index is 2.41. The molecule has 0 saturated carbocycles. The van der Waals surface area contributed by atoms with Gasteiger partial charge >= 0.3 is 12.1 Å². The lowest BCUT2D eigenvalue weighted by molar-refractivity contribution is -0.137. The fraction of sp³-hybridized carbons (Fsp3) is 0.231. The van der Waals surface area contributed by atoms with Crippen LogP contribution in [-0.4, -0.2) is 17.7 Å². The van der Waals surface area contributed by atoms with Crippen LogP contribution in [0.2, 0.25) is 0 Å². The van der Waals surface area contributed by atoms with E-state index in [1.165, 1.54) is 18.2 Å². The number of carbonyl (C=O) groups is 1. The van der Waals surface area contributed by atoms with Crippen molar-refractivity contribution in [2.45, 2.75) is 13.1 Å². The summed E-state index contributed by atoms with van der Waals surface area (Å²) in [6.07, 6.45) is -4.51. The SMILES string of the molecule is CCOC(=O)c1cc(-c2ccccc2C(F)(F)F)no1. The Morgan fingerprint density at radius 2 is 2.05 bits per heavy atom. The number of ether oxygens (including phenoxy) is 1. The number of hydrogen-bond acceptors (Lipinski definition) is 4. The van der Waals surface area contributed by atoms with E-state index >= 15 is 0 Å². The maximum atomic E-state index is 12.9. The minimum absolute atomic E-state index is 0.0685. The molecule has 0 unspecified atom stereocenters. The number of alkyl halides is 3. The highest BCUT2D eigenvalue weighted by atomic mass is 19.4. The maximum absolute atomic E-state index is 12.9. The van der Waals surface area contributed by atoms with Crippen LogP contribution in [0.25, 0.3) is 11.3 Å². The fourth-order valence-electron chi connectivity index (χ4n) is 1.65. The highest BCUT2D eigenvalue weighted by Gasteiger charge is 2.34. The molecule has 0 atom stereocenters. The van der Waals surface area contributed by atoms with E-state index in [0.29, 0.717) is 0 Å². The molecule has 0 spiro atoms. The number of hydrogen-bond donors (Lipinski definition) is 0.